The topological polar surface area (TPSA) is 61.0 Å². The molecule has 4 aliphatic rings. The molecule has 22 heavy (non-hydrogen) atoms. The van der Waals surface area contributed by atoms with Gasteiger partial charge in [-0.1, -0.05) is 18.2 Å². The first-order chi connectivity index (χ1) is 10.8. The van der Waals surface area contributed by atoms with Crippen molar-refractivity contribution in [2.24, 2.45) is 5.92 Å². The number of rotatable bonds is 2. The van der Waals surface area contributed by atoms with Gasteiger partial charge >= 0.3 is 0 Å². The second-order valence-electron chi connectivity index (χ2n) is 7.00. The molecule has 1 aromatic heterocycles. The first-order valence-corrected chi connectivity index (χ1v) is 8.27. The number of fused-ring (bicyclic) bond motifs is 3. The summed E-state index contributed by atoms with van der Waals surface area (Å²) in [5, 5.41) is 11.4. The molecule has 4 fully saturated rings. The minimum absolute atomic E-state index is 0.0255. The van der Waals surface area contributed by atoms with Crippen molar-refractivity contribution < 1.29 is 4.79 Å². The van der Waals surface area contributed by atoms with Crippen molar-refractivity contribution in [3.05, 3.63) is 30.0 Å². The predicted octanol–water partition coefficient (Wildman–Crippen LogP) is 1.92. The quantitative estimate of drug-likeness (QED) is 0.890. The Bertz CT molecular complexity index is 740. The average Bonchev–Trinajstić information content (AvgIpc) is 3.21. The number of hydrogen-bond acceptors (Lipinski definition) is 3. The number of benzene rings is 1. The molecule has 1 spiro atoms. The van der Waals surface area contributed by atoms with Gasteiger partial charge in [-0.05, 0) is 50.8 Å². The van der Waals surface area contributed by atoms with E-state index in [0.29, 0.717) is 17.7 Å². The van der Waals surface area contributed by atoms with E-state index in [0.717, 1.165) is 10.9 Å². The molecule has 114 valence electrons. The lowest BCUT2D eigenvalue weighted by atomic mass is 9.77. The lowest BCUT2D eigenvalue weighted by Crippen LogP contribution is -2.65. The first-order valence-electron chi connectivity index (χ1n) is 8.27. The lowest BCUT2D eigenvalue weighted by Gasteiger charge is -2.52. The highest BCUT2D eigenvalue weighted by molar-refractivity contribution is 6.04. The summed E-state index contributed by atoms with van der Waals surface area (Å²) in [6.07, 6.45) is 4.90. The van der Waals surface area contributed by atoms with Crippen molar-refractivity contribution in [1.82, 2.24) is 20.4 Å². The number of aromatic amines is 1. The molecule has 3 aliphatic heterocycles. The van der Waals surface area contributed by atoms with Crippen molar-refractivity contribution in [2.45, 2.75) is 37.3 Å². The van der Waals surface area contributed by atoms with Gasteiger partial charge in [0, 0.05) is 10.9 Å². The fraction of sp³-hybridized carbons (Fsp3) is 0.529. The van der Waals surface area contributed by atoms with Crippen LogP contribution in [-0.2, 0) is 0 Å². The lowest BCUT2D eigenvalue weighted by molar-refractivity contribution is -0.00150. The highest BCUT2D eigenvalue weighted by atomic mass is 16.2. The number of H-pyrrole nitrogens is 1. The summed E-state index contributed by atoms with van der Waals surface area (Å²) in [5.41, 5.74) is 1.72. The average molecular weight is 296 g/mol. The Labute approximate surface area is 129 Å². The van der Waals surface area contributed by atoms with Gasteiger partial charge in [-0.15, -0.1) is 0 Å². The van der Waals surface area contributed by atoms with Crippen LogP contribution in [0.5, 0.6) is 0 Å². The predicted molar refractivity (Wildman–Crippen MR) is 83.6 cm³/mol. The van der Waals surface area contributed by atoms with E-state index in [1.165, 1.54) is 38.8 Å². The van der Waals surface area contributed by atoms with Crippen LogP contribution in [0.2, 0.25) is 0 Å². The van der Waals surface area contributed by atoms with Gasteiger partial charge < -0.3 is 5.32 Å². The maximum Gasteiger partial charge on any atom is 0.272 e. The van der Waals surface area contributed by atoms with E-state index in [1.54, 1.807) is 0 Å². The van der Waals surface area contributed by atoms with Crippen LogP contribution in [0.25, 0.3) is 10.9 Å². The van der Waals surface area contributed by atoms with Crippen molar-refractivity contribution >= 4 is 16.8 Å². The van der Waals surface area contributed by atoms with Gasteiger partial charge in [-0.25, -0.2) is 0 Å². The number of carbonyl (C=O) groups excluding carboxylic acids is 1. The molecule has 2 N–H and O–H groups in total. The van der Waals surface area contributed by atoms with E-state index >= 15 is 0 Å². The third-order valence-corrected chi connectivity index (χ3v) is 5.95. The molecule has 0 unspecified atom stereocenters. The summed E-state index contributed by atoms with van der Waals surface area (Å²) in [6.45, 7) is 2.42. The summed E-state index contributed by atoms with van der Waals surface area (Å²) in [5.74, 6) is 0.615. The highest BCUT2D eigenvalue weighted by Gasteiger charge is 2.60. The molecule has 1 atom stereocenters. The zero-order chi connectivity index (χ0) is 14.7. The van der Waals surface area contributed by atoms with E-state index in [2.05, 4.69) is 20.4 Å². The molecule has 0 radical (unpaired) electrons. The highest BCUT2D eigenvalue weighted by Crippen LogP contribution is 2.53. The van der Waals surface area contributed by atoms with Crippen LogP contribution in [0.15, 0.2) is 24.3 Å². The van der Waals surface area contributed by atoms with Crippen LogP contribution < -0.4 is 5.32 Å². The summed E-state index contributed by atoms with van der Waals surface area (Å²) in [6, 6.07) is 8.12. The zero-order valence-electron chi connectivity index (χ0n) is 12.5. The van der Waals surface area contributed by atoms with Crippen molar-refractivity contribution in [3.63, 3.8) is 0 Å². The molecule has 1 aliphatic carbocycles. The van der Waals surface area contributed by atoms with Crippen LogP contribution in [0.3, 0.4) is 0 Å². The monoisotopic (exact) mass is 296 g/mol. The number of amides is 1. The largest absolute Gasteiger partial charge is 0.346 e. The maximum atomic E-state index is 12.8. The van der Waals surface area contributed by atoms with Gasteiger partial charge in [0.2, 0.25) is 0 Å². The fourth-order valence-electron chi connectivity index (χ4n) is 4.67. The second kappa shape index (κ2) is 4.32. The Morgan fingerprint density at radius 2 is 2.05 bits per heavy atom. The fourth-order valence-corrected chi connectivity index (χ4v) is 4.67. The number of para-hydroxylation sites is 1. The Kier molecular flexibility index (Phi) is 2.48. The number of nitrogens with one attached hydrogen (secondary N) is 2. The third-order valence-electron chi connectivity index (χ3n) is 5.95. The van der Waals surface area contributed by atoms with Crippen molar-refractivity contribution in [3.8, 4) is 0 Å². The van der Waals surface area contributed by atoms with Gasteiger partial charge in [-0.3, -0.25) is 14.8 Å². The van der Waals surface area contributed by atoms with Crippen molar-refractivity contribution in [2.75, 3.05) is 13.1 Å². The summed E-state index contributed by atoms with van der Waals surface area (Å²) >= 11 is 0. The van der Waals surface area contributed by atoms with Gasteiger partial charge in [0.25, 0.3) is 5.91 Å². The summed E-state index contributed by atoms with van der Waals surface area (Å²) < 4.78 is 0. The van der Waals surface area contributed by atoms with Crippen LogP contribution in [-0.4, -0.2) is 45.7 Å². The molecule has 1 amide bonds. The molecule has 1 saturated carbocycles. The van der Waals surface area contributed by atoms with E-state index in [9.17, 15) is 4.79 Å². The number of hydrogen-bond donors (Lipinski definition) is 2. The van der Waals surface area contributed by atoms with Crippen molar-refractivity contribution in [1.29, 1.82) is 0 Å². The molecule has 2 bridgehead atoms. The summed E-state index contributed by atoms with van der Waals surface area (Å²) in [4.78, 5) is 15.4. The molecular weight excluding hydrogens is 276 g/mol. The smallest absolute Gasteiger partial charge is 0.272 e. The molecule has 5 heteroatoms. The number of nitrogens with zero attached hydrogens (tertiary/aromatic N) is 2. The second-order valence-corrected chi connectivity index (χ2v) is 7.00. The van der Waals surface area contributed by atoms with Crippen LogP contribution in [0, 0.1) is 5.92 Å². The number of piperidine rings is 3. The minimum Gasteiger partial charge on any atom is -0.346 e. The first kappa shape index (κ1) is 12.6. The van der Waals surface area contributed by atoms with Gasteiger partial charge in [-0.2, -0.15) is 5.10 Å². The van der Waals surface area contributed by atoms with E-state index in [-0.39, 0.29) is 11.4 Å². The van der Waals surface area contributed by atoms with Gasteiger partial charge in [0.1, 0.15) is 0 Å². The van der Waals surface area contributed by atoms with E-state index in [1.807, 2.05) is 24.3 Å². The van der Waals surface area contributed by atoms with Crippen LogP contribution in [0.1, 0.15) is 36.2 Å². The molecule has 2 aromatic rings. The normalized spacial score (nSPS) is 31.5. The zero-order valence-corrected chi connectivity index (χ0v) is 12.5. The SMILES string of the molecule is O=C(N[C@H]1C2CCN(CC2)C12CC2)c1n[nH]c2ccccc12. The molecule has 5 nitrogen and oxygen atoms in total. The Morgan fingerprint density at radius 3 is 2.82 bits per heavy atom. The molecule has 1 aromatic carbocycles. The Morgan fingerprint density at radius 1 is 1.27 bits per heavy atom. The number of aromatic nitrogens is 2. The Balaban J connectivity index is 1.45. The number of carbonyl (C=O) groups is 1. The Hall–Kier alpha value is -1.88. The molecule has 3 saturated heterocycles. The molecular formula is C17H20N4O. The van der Waals surface area contributed by atoms with Gasteiger partial charge in [0.15, 0.2) is 5.69 Å². The van der Waals surface area contributed by atoms with Gasteiger partial charge in [0.05, 0.1) is 11.6 Å². The van der Waals surface area contributed by atoms with Crippen LogP contribution in [0.4, 0.5) is 0 Å². The summed E-state index contributed by atoms with van der Waals surface area (Å²) in [7, 11) is 0. The van der Waals surface area contributed by atoms with E-state index < -0.39 is 0 Å². The maximum absolute atomic E-state index is 12.8. The van der Waals surface area contributed by atoms with E-state index in [4.69, 9.17) is 0 Å². The minimum atomic E-state index is -0.0255. The molecule has 4 heterocycles. The standard InChI is InChI=1S/C17H20N4O/c22-16(14-12-3-1-2-4-13(12)19-20-14)18-15-11-5-9-21(10-6-11)17(15)7-8-17/h1-4,11,15H,5-10H2,(H,18,22)(H,19,20)/t15-/m0/s1. The molecule has 6 rings (SSSR count). The van der Waals surface area contributed by atoms with Crippen LogP contribution >= 0.6 is 0 Å². The third kappa shape index (κ3) is 1.63.